The summed E-state index contributed by atoms with van der Waals surface area (Å²) in [7, 11) is 1.15. The Balaban J connectivity index is 4.12. The summed E-state index contributed by atoms with van der Waals surface area (Å²) >= 11 is 0. The molecule has 0 spiro atoms. The highest BCUT2D eigenvalue weighted by atomic mass is 31.2. The Morgan fingerprint density at radius 2 is 0.713 bits per heavy atom. The van der Waals surface area contributed by atoms with Crippen LogP contribution in [-0.4, -0.2) is 70.0 Å². The van der Waals surface area contributed by atoms with E-state index in [0.29, 0.717) is 17.4 Å². The third-order valence-electron chi connectivity index (χ3n) is 13.2. The second-order valence-electron chi connectivity index (χ2n) is 22.0. The Kier molecular flexibility index (Phi) is 56.9. The van der Waals surface area contributed by atoms with Gasteiger partial charge in [-0.15, -0.1) is 0 Å². The van der Waals surface area contributed by atoms with Crippen LogP contribution in [0.4, 0.5) is 0 Å². The number of esters is 2. The first kappa shape index (κ1) is 76.1. The van der Waals surface area contributed by atoms with E-state index in [4.69, 9.17) is 18.5 Å². The zero-order valence-electron chi connectivity index (χ0n) is 51.7. The van der Waals surface area contributed by atoms with E-state index in [2.05, 4.69) is 148 Å². The monoisotopic (exact) mass is 1130 g/mol. The predicted octanol–water partition coefficient (Wildman–Crippen LogP) is 19.9. The summed E-state index contributed by atoms with van der Waals surface area (Å²) in [6.07, 6.45) is 86.5. The zero-order chi connectivity index (χ0) is 58.4. The van der Waals surface area contributed by atoms with Crippen molar-refractivity contribution in [3.63, 3.8) is 0 Å². The SMILES string of the molecule is CC/C=C\C/C=C\C/C=C\C/C=C\C/C=C\C/C=C\C/C=C\C/C=C\C/C=C\C/C=C\C/C=C\CCCCCCCCCC(=O)OC(COC(=O)CCCCCCCCCCCCCCCCC)COP(=O)([O-])OCC[N+](C)(C)C. The summed E-state index contributed by atoms with van der Waals surface area (Å²) in [5.74, 6) is -0.848. The molecule has 0 radical (unpaired) electrons. The summed E-state index contributed by atoms with van der Waals surface area (Å²) in [4.78, 5) is 37.9. The van der Waals surface area contributed by atoms with Crippen molar-refractivity contribution >= 4 is 19.8 Å². The number of ether oxygens (including phenoxy) is 2. The molecule has 0 N–H and O–H groups in total. The number of nitrogens with zero attached hydrogens (tertiary/aromatic N) is 1. The molecule has 0 aromatic heterocycles. The van der Waals surface area contributed by atoms with Gasteiger partial charge in [0.1, 0.15) is 19.8 Å². The fourth-order valence-corrected chi connectivity index (χ4v) is 9.04. The van der Waals surface area contributed by atoms with Crippen molar-refractivity contribution in [2.24, 2.45) is 0 Å². The van der Waals surface area contributed by atoms with Crippen molar-refractivity contribution in [2.75, 3.05) is 47.5 Å². The maximum atomic E-state index is 12.8. The summed E-state index contributed by atoms with van der Waals surface area (Å²) in [5.41, 5.74) is 0. The summed E-state index contributed by atoms with van der Waals surface area (Å²) in [6, 6.07) is 0. The largest absolute Gasteiger partial charge is 0.756 e. The number of phosphoric ester groups is 1. The van der Waals surface area contributed by atoms with E-state index >= 15 is 0 Å². The van der Waals surface area contributed by atoms with Gasteiger partial charge in [0.2, 0.25) is 0 Å². The molecule has 2 unspecified atom stereocenters. The fourth-order valence-electron chi connectivity index (χ4n) is 8.31. The highest BCUT2D eigenvalue weighted by Crippen LogP contribution is 2.38. The highest BCUT2D eigenvalue weighted by molar-refractivity contribution is 7.45. The lowest BCUT2D eigenvalue weighted by Gasteiger charge is -2.28. The van der Waals surface area contributed by atoms with Crippen LogP contribution < -0.4 is 4.89 Å². The van der Waals surface area contributed by atoms with Gasteiger partial charge in [0.05, 0.1) is 27.7 Å². The van der Waals surface area contributed by atoms with E-state index in [1.807, 2.05) is 21.1 Å². The molecule has 0 rings (SSSR count). The third-order valence-corrected chi connectivity index (χ3v) is 14.1. The Morgan fingerprint density at radius 1 is 0.400 bits per heavy atom. The number of allylic oxidation sites excluding steroid dienone is 22. The number of hydrogen-bond donors (Lipinski definition) is 0. The molecule has 0 bridgehead atoms. The summed E-state index contributed by atoms with van der Waals surface area (Å²) < 4.78 is 34.1. The molecule has 0 aromatic carbocycles. The van der Waals surface area contributed by atoms with Crippen LogP contribution in [0.5, 0.6) is 0 Å². The Bertz CT molecular complexity index is 1810. The molecule has 456 valence electrons. The number of carbonyl (C=O) groups excluding carboxylic acids is 2. The van der Waals surface area contributed by atoms with Crippen LogP contribution in [0.25, 0.3) is 0 Å². The smallest absolute Gasteiger partial charge is 0.306 e. The van der Waals surface area contributed by atoms with Gasteiger partial charge >= 0.3 is 11.9 Å². The highest BCUT2D eigenvalue weighted by Gasteiger charge is 2.22. The first-order chi connectivity index (χ1) is 39.0. The normalized spacial score (nSPS) is 14.1. The van der Waals surface area contributed by atoms with Crippen molar-refractivity contribution in [2.45, 2.75) is 251 Å². The lowest BCUT2D eigenvalue weighted by molar-refractivity contribution is -0.870. The number of unbranched alkanes of at least 4 members (excludes halogenated alkanes) is 21. The molecule has 0 aliphatic rings. The maximum Gasteiger partial charge on any atom is 0.306 e. The molecule has 0 fully saturated rings. The molecular formula is C70H118NO8P. The third kappa shape index (κ3) is 63.3. The minimum atomic E-state index is -4.65. The topological polar surface area (TPSA) is 111 Å². The van der Waals surface area contributed by atoms with E-state index in [1.165, 1.54) is 89.9 Å². The average Bonchev–Trinajstić information content (AvgIpc) is 3.42. The quantitative estimate of drug-likeness (QED) is 0.0195. The number of quaternary nitrogens is 1. The molecule has 9 nitrogen and oxygen atoms in total. The Hall–Kier alpha value is -3.85. The summed E-state index contributed by atoms with van der Waals surface area (Å²) in [5, 5.41) is 0. The molecule has 0 heterocycles. The molecule has 0 aliphatic carbocycles. The van der Waals surface area contributed by atoms with Gasteiger partial charge < -0.3 is 27.9 Å². The minimum Gasteiger partial charge on any atom is -0.756 e. The number of hydrogen-bond acceptors (Lipinski definition) is 8. The van der Waals surface area contributed by atoms with E-state index in [-0.39, 0.29) is 32.0 Å². The van der Waals surface area contributed by atoms with Gasteiger partial charge in [0.25, 0.3) is 7.82 Å². The van der Waals surface area contributed by atoms with Crippen molar-refractivity contribution in [3.05, 3.63) is 134 Å². The van der Waals surface area contributed by atoms with Gasteiger partial charge in [-0.3, -0.25) is 14.2 Å². The van der Waals surface area contributed by atoms with E-state index < -0.39 is 26.5 Å². The lowest BCUT2D eigenvalue weighted by atomic mass is 10.0. The number of rotatable bonds is 57. The first-order valence-corrected chi connectivity index (χ1v) is 33.4. The molecule has 10 heteroatoms. The molecule has 2 atom stereocenters. The van der Waals surface area contributed by atoms with Gasteiger partial charge in [-0.1, -0.05) is 270 Å². The van der Waals surface area contributed by atoms with Gasteiger partial charge in [-0.25, -0.2) is 0 Å². The second-order valence-corrected chi connectivity index (χ2v) is 23.5. The summed E-state index contributed by atoms with van der Waals surface area (Å²) in [6.45, 7) is 4.11. The molecule has 80 heavy (non-hydrogen) atoms. The second kappa shape index (κ2) is 59.8. The van der Waals surface area contributed by atoms with Crippen LogP contribution in [0.1, 0.15) is 245 Å². The molecule has 0 aliphatic heterocycles. The lowest BCUT2D eigenvalue weighted by Crippen LogP contribution is -2.37. The van der Waals surface area contributed by atoms with Crippen molar-refractivity contribution < 1.29 is 42.1 Å². The number of likely N-dealkylation sites (N-methyl/N-ethyl adjacent to an activating group) is 1. The van der Waals surface area contributed by atoms with Crippen molar-refractivity contribution in [1.29, 1.82) is 0 Å². The molecule has 0 amide bonds. The Morgan fingerprint density at radius 3 is 1.06 bits per heavy atom. The number of phosphoric acid groups is 1. The van der Waals surface area contributed by atoms with Gasteiger partial charge in [-0.05, 0) is 96.3 Å². The van der Waals surface area contributed by atoms with Gasteiger partial charge in [-0.2, -0.15) is 0 Å². The van der Waals surface area contributed by atoms with E-state index in [0.717, 1.165) is 122 Å². The molecule has 0 saturated carbocycles. The van der Waals surface area contributed by atoms with Crippen LogP contribution >= 0.6 is 7.82 Å². The van der Waals surface area contributed by atoms with E-state index in [1.54, 1.807) is 0 Å². The zero-order valence-corrected chi connectivity index (χ0v) is 52.6. The van der Waals surface area contributed by atoms with E-state index in [9.17, 15) is 19.0 Å². The minimum absolute atomic E-state index is 0.0379. The van der Waals surface area contributed by atoms with Crippen LogP contribution in [0, 0.1) is 0 Å². The van der Waals surface area contributed by atoms with Crippen LogP contribution in [0.15, 0.2) is 134 Å². The van der Waals surface area contributed by atoms with Crippen molar-refractivity contribution in [1.82, 2.24) is 0 Å². The van der Waals surface area contributed by atoms with Gasteiger partial charge in [0, 0.05) is 12.8 Å². The number of carbonyl (C=O) groups is 2. The van der Waals surface area contributed by atoms with Crippen molar-refractivity contribution in [3.8, 4) is 0 Å². The molecule has 0 aromatic rings. The maximum absolute atomic E-state index is 12.8. The molecular weight excluding hydrogens is 1010 g/mol. The standard InChI is InChI=1S/C70H118NO8P/c1-6-8-10-12-14-16-18-20-22-23-24-25-26-27-28-29-30-31-32-33-34-35-36-37-38-39-40-41-42-43-44-45-46-47-49-51-53-55-57-59-61-63-70(73)79-68(67-78-80(74,75)77-65-64-71(3,4)5)66-76-69(72)62-60-58-56-54-52-50-48-21-19-17-15-13-11-9-7-2/h8,10,14,16,20,22,24-25,27-28,30-31,33-34,36-37,39-40,42-43,45-46,68H,6-7,9,11-13,15,17-19,21,23,26,29,32,35,38,41,44,47-67H2,1-5H3/b10-8-,16-14-,22-20-,25-24-,28-27-,31-30-,34-33-,37-36-,40-39-,43-42-,46-45-. The van der Waals surface area contributed by atoms with Gasteiger partial charge in [0.15, 0.2) is 6.10 Å². The fraction of sp³-hybridized carbons (Fsp3) is 0.657. The molecule has 0 saturated heterocycles. The predicted molar refractivity (Wildman–Crippen MR) is 341 cm³/mol. The van der Waals surface area contributed by atoms with Crippen LogP contribution in [0.2, 0.25) is 0 Å². The first-order valence-electron chi connectivity index (χ1n) is 31.9. The average molecular weight is 1130 g/mol. The van der Waals surface area contributed by atoms with Crippen LogP contribution in [0.3, 0.4) is 0 Å². The van der Waals surface area contributed by atoms with Crippen LogP contribution in [-0.2, 0) is 32.7 Å². The Labute approximate surface area is 491 Å².